The molecule has 1 aliphatic rings. The Hall–Kier alpha value is -3.50. The molecule has 0 spiro atoms. The summed E-state index contributed by atoms with van der Waals surface area (Å²) < 4.78 is 1.37. The smallest absolute Gasteiger partial charge is 0.341 e. The summed E-state index contributed by atoms with van der Waals surface area (Å²) in [7, 11) is 0. The molecule has 1 saturated heterocycles. The van der Waals surface area contributed by atoms with Crippen molar-refractivity contribution in [3.8, 4) is 6.07 Å². The molecule has 0 unspecified atom stereocenters. The van der Waals surface area contributed by atoms with Gasteiger partial charge in [-0.1, -0.05) is 19.2 Å². The highest BCUT2D eigenvalue weighted by molar-refractivity contribution is 6.01. The molecule has 0 amide bonds. The molecule has 0 aromatic carbocycles. The number of aromatic carboxylic acids is 1. The van der Waals surface area contributed by atoms with Crippen molar-refractivity contribution in [1.82, 2.24) is 9.30 Å². The number of rotatable bonds is 6. The highest BCUT2D eigenvalue weighted by Gasteiger charge is 2.38. The van der Waals surface area contributed by atoms with E-state index in [1.807, 2.05) is 6.07 Å². The van der Waals surface area contributed by atoms with Gasteiger partial charge in [0.15, 0.2) is 0 Å². The first-order valence-corrected chi connectivity index (χ1v) is 9.27. The third kappa shape index (κ3) is 3.75. The van der Waals surface area contributed by atoms with Crippen LogP contribution in [0.4, 0.5) is 0 Å². The molecule has 29 heavy (non-hydrogen) atoms. The topological polar surface area (TPSA) is 98.2 Å². The van der Waals surface area contributed by atoms with E-state index in [1.54, 1.807) is 24.4 Å². The summed E-state index contributed by atoms with van der Waals surface area (Å²) >= 11 is 0. The van der Waals surface area contributed by atoms with Crippen molar-refractivity contribution in [2.45, 2.75) is 19.4 Å². The minimum absolute atomic E-state index is 0.251. The van der Waals surface area contributed by atoms with Gasteiger partial charge in [0.05, 0.1) is 17.3 Å². The minimum atomic E-state index is -1.24. The number of allylic oxidation sites excluding steroid dienone is 1. The molecule has 0 atom stereocenters. The van der Waals surface area contributed by atoms with E-state index in [4.69, 9.17) is 0 Å². The molecule has 2 aromatic heterocycles. The number of carbonyl (C=O) groups is 1. The highest BCUT2D eigenvalue weighted by Crippen LogP contribution is 2.34. The number of carboxylic acids is 1. The average Bonchev–Trinajstić information content (AvgIpc) is 2.74. The first kappa shape index (κ1) is 20.2. The van der Waals surface area contributed by atoms with E-state index in [9.17, 15) is 20.0 Å². The number of aromatic nitrogens is 1. The fraction of sp³-hybridized carbons (Fsp3) is 0.273. The molecule has 148 valence electrons. The Balaban J connectivity index is 1.90. The van der Waals surface area contributed by atoms with Crippen LogP contribution in [0, 0.1) is 16.7 Å². The first-order valence-electron chi connectivity index (χ1n) is 9.27. The monoisotopic (exact) mass is 390 g/mol. The molecule has 1 fully saturated rings. The van der Waals surface area contributed by atoms with Crippen LogP contribution in [0.5, 0.6) is 0 Å². The lowest BCUT2D eigenvalue weighted by atomic mass is 9.75. The summed E-state index contributed by atoms with van der Waals surface area (Å²) in [5.74, 6) is -1.24. The standard InChI is InChI=1S/C22H22N4O3/c1-3-19(24-4-2)22(15-23)8-11-25(12-9-22)14-16-13-17(21(28)29)20(27)26-10-6-5-7-18(16)26/h3-7,10,13H,1-2,8-9,11-12,14H2,(H,28,29). The predicted octanol–water partition coefficient (Wildman–Crippen LogP) is 2.87. The van der Waals surface area contributed by atoms with Gasteiger partial charge in [-0.2, -0.15) is 5.26 Å². The maximum absolute atomic E-state index is 12.4. The summed E-state index contributed by atoms with van der Waals surface area (Å²) in [5.41, 5.74) is 0.568. The summed E-state index contributed by atoms with van der Waals surface area (Å²) in [6.45, 7) is 9.14. The summed E-state index contributed by atoms with van der Waals surface area (Å²) in [4.78, 5) is 30.3. The van der Waals surface area contributed by atoms with Gasteiger partial charge in [0.25, 0.3) is 5.56 Å². The number of pyridine rings is 2. The predicted molar refractivity (Wildman–Crippen MR) is 111 cm³/mol. The fourth-order valence-corrected chi connectivity index (χ4v) is 3.83. The second-order valence-electron chi connectivity index (χ2n) is 7.02. The van der Waals surface area contributed by atoms with Gasteiger partial charge in [0, 0.05) is 32.0 Å². The van der Waals surface area contributed by atoms with Crippen molar-refractivity contribution in [2.75, 3.05) is 13.1 Å². The lowest BCUT2D eigenvalue weighted by molar-refractivity contribution is 0.0694. The van der Waals surface area contributed by atoms with Crippen molar-refractivity contribution >= 4 is 17.2 Å². The lowest BCUT2D eigenvalue weighted by Crippen LogP contribution is -2.43. The van der Waals surface area contributed by atoms with Gasteiger partial charge in [-0.25, -0.2) is 4.79 Å². The molecule has 1 N–H and O–H groups in total. The number of likely N-dealkylation sites (tertiary alicyclic amines) is 1. The average molecular weight is 390 g/mol. The Kier molecular flexibility index (Phi) is 5.76. The Morgan fingerprint density at radius 3 is 2.66 bits per heavy atom. The second-order valence-corrected chi connectivity index (χ2v) is 7.02. The summed E-state index contributed by atoms with van der Waals surface area (Å²) in [6, 6.07) is 9.18. The third-order valence-corrected chi connectivity index (χ3v) is 5.42. The molecule has 0 radical (unpaired) electrons. The molecule has 3 heterocycles. The number of hydrogen-bond donors (Lipinski definition) is 1. The van der Waals surface area contributed by atoms with Crippen LogP contribution in [-0.2, 0) is 6.54 Å². The number of carboxylic acid groups (broad SMARTS) is 1. The zero-order chi connectivity index (χ0) is 21.0. The molecule has 7 heteroatoms. The van der Waals surface area contributed by atoms with E-state index < -0.39 is 16.9 Å². The zero-order valence-corrected chi connectivity index (χ0v) is 16.0. The number of nitriles is 1. The van der Waals surface area contributed by atoms with Crippen molar-refractivity contribution in [2.24, 2.45) is 10.4 Å². The number of hydrogen-bond acceptors (Lipinski definition) is 5. The van der Waals surface area contributed by atoms with Crippen LogP contribution in [0.1, 0.15) is 28.8 Å². The summed E-state index contributed by atoms with van der Waals surface area (Å²) in [5, 5.41) is 19.2. The van der Waals surface area contributed by atoms with E-state index in [0.29, 0.717) is 43.7 Å². The quantitative estimate of drug-likeness (QED) is 0.765. The molecule has 1 aliphatic heterocycles. The lowest BCUT2D eigenvalue weighted by Gasteiger charge is -2.37. The Morgan fingerprint density at radius 2 is 2.07 bits per heavy atom. The zero-order valence-electron chi connectivity index (χ0n) is 16.0. The molecular formula is C22H22N4O3. The van der Waals surface area contributed by atoms with E-state index in [2.05, 4.69) is 29.1 Å². The van der Waals surface area contributed by atoms with Crippen molar-refractivity contribution in [3.05, 3.63) is 77.4 Å². The summed E-state index contributed by atoms with van der Waals surface area (Å²) in [6.07, 6.45) is 5.77. The molecule has 0 bridgehead atoms. The molecule has 7 nitrogen and oxygen atoms in total. The van der Waals surface area contributed by atoms with Gasteiger partial charge < -0.3 is 5.11 Å². The van der Waals surface area contributed by atoms with Crippen molar-refractivity contribution < 1.29 is 9.90 Å². The Bertz CT molecular complexity index is 1100. The van der Waals surface area contributed by atoms with Crippen LogP contribution in [0.25, 0.3) is 5.52 Å². The Labute approximate surface area is 168 Å². The highest BCUT2D eigenvalue weighted by atomic mass is 16.4. The van der Waals surface area contributed by atoms with E-state index in [0.717, 1.165) is 5.56 Å². The van der Waals surface area contributed by atoms with Crippen LogP contribution in [0.2, 0.25) is 0 Å². The molecule has 0 aliphatic carbocycles. The van der Waals surface area contributed by atoms with Crippen LogP contribution >= 0.6 is 0 Å². The van der Waals surface area contributed by atoms with Crippen molar-refractivity contribution in [1.29, 1.82) is 5.26 Å². The SMILES string of the molecule is C=CN=C(C=C)C1(C#N)CCN(Cc2cc(C(=O)O)c(=O)n3ccccc23)CC1. The number of piperidine rings is 1. The molecule has 2 aromatic rings. The van der Waals surface area contributed by atoms with Gasteiger partial charge in [0.2, 0.25) is 0 Å². The van der Waals surface area contributed by atoms with Crippen LogP contribution < -0.4 is 5.56 Å². The molecule has 0 saturated carbocycles. The Morgan fingerprint density at radius 1 is 1.34 bits per heavy atom. The van der Waals surface area contributed by atoms with Gasteiger partial charge in [0.1, 0.15) is 11.0 Å². The maximum atomic E-state index is 12.4. The minimum Gasteiger partial charge on any atom is -0.477 e. The largest absolute Gasteiger partial charge is 0.477 e. The fourth-order valence-electron chi connectivity index (χ4n) is 3.83. The third-order valence-electron chi connectivity index (χ3n) is 5.42. The van der Waals surface area contributed by atoms with E-state index >= 15 is 0 Å². The number of nitrogens with zero attached hydrogens (tertiary/aromatic N) is 4. The normalized spacial score (nSPS) is 16.9. The van der Waals surface area contributed by atoms with Gasteiger partial charge in [-0.05, 0) is 42.7 Å². The van der Waals surface area contributed by atoms with E-state index in [1.165, 1.54) is 16.7 Å². The van der Waals surface area contributed by atoms with Gasteiger partial charge in [-0.15, -0.1) is 0 Å². The second kappa shape index (κ2) is 8.25. The van der Waals surface area contributed by atoms with Gasteiger partial charge >= 0.3 is 5.97 Å². The number of aliphatic imine (C=N–C) groups is 1. The molecular weight excluding hydrogens is 368 g/mol. The van der Waals surface area contributed by atoms with Crippen LogP contribution in [0.3, 0.4) is 0 Å². The van der Waals surface area contributed by atoms with E-state index in [-0.39, 0.29) is 5.56 Å². The van der Waals surface area contributed by atoms with Crippen LogP contribution in [0.15, 0.2) is 65.7 Å². The first-order chi connectivity index (χ1) is 14.0. The van der Waals surface area contributed by atoms with Crippen LogP contribution in [-0.4, -0.2) is 39.2 Å². The maximum Gasteiger partial charge on any atom is 0.341 e. The number of fused-ring (bicyclic) bond motifs is 1. The van der Waals surface area contributed by atoms with Crippen molar-refractivity contribution in [3.63, 3.8) is 0 Å². The van der Waals surface area contributed by atoms with Gasteiger partial charge in [-0.3, -0.25) is 19.1 Å². The molecule has 3 rings (SSSR count).